The number of carbonyl (C=O) groups excluding carboxylic acids is 2. The van der Waals surface area contributed by atoms with Crippen molar-refractivity contribution >= 4 is 18.0 Å². The summed E-state index contributed by atoms with van der Waals surface area (Å²) in [5.74, 6) is -0.935. The number of aryl methyl sites for hydroxylation is 1. The van der Waals surface area contributed by atoms with E-state index in [0.717, 1.165) is 23.8 Å². The lowest BCUT2D eigenvalue weighted by molar-refractivity contribution is -0.152. The molecular weight excluding hydrogens is 326 g/mol. The first kappa shape index (κ1) is 18.7. The molecule has 8 nitrogen and oxygen atoms in total. The van der Waals surface area contributed by atoms with Gasteiger partial charge in [-0.3, -0.25) is 14.2 Å². The van der Waals surface area contributed by atoms with Gasteiger partial charge >= 0.3 is 11.7 Å². The Balaban J connectivity index is 2.22. The van der Waals surface area contributed by atoms with E-state index in [4.69, 9.17) is 4.74 Å². The molecule has 0 bridgehead atoms. The van der Waals surface area contributed by atoms with E-state index in [1.165, 1.54) is 44.1 Å². The minimum atomic E-state index is -1.01. The van der Waals surface area contributed by atoms with Crippen LogP contribution in [0.5, 0.6) is 0 Å². The first-order valence-corrected chi connectivity index (χ1v) is 8.16. The number of carbonyl (C=O) groups is 2. The monoisotopic (exact) mass is 349 g/mol. The highest BCUT2D eigenvalue weighted by Gasteiger charge is 2.41. The second-order valence-corrected chi connectivity index (χ2v) is 6.30. The standard InChI is InChI=1S/C17H23N3O5/c1-19-11-12(14(22)20(2)16(19)24)7-8-13(21)18-17(15(23)25-3)9-5-4-6-10-17/h7-8,11H,4-6,9-10H2,1-3H3,(H,18,21). The number of nitrogens with zero attached hydrogens (tertiary/aromatic N) is 2. The number of aromatic nitrogens is 2. The van der Waals surface area contributed by atoms with E-state index in [1.54, 1.807) is 0 Å². The van der Waals surface area contributed by atoms with E-state index in [2.05, 4.69) is 5.32 Å². The number of methoxy groups -OCH3 is 1. The molecule has 0 spiro atoms. The molecule has 1 N–H and O–H groups in total. The van der Waals surface area contributed by atoms with Crippen LogP contribution in [0.2, 0.25) is 0 Å². The van der Waals surface area contributed by atoms with Crippen LogP contribution in [-0.2, 0) is 28.4 Å². The van der Waals surface area contributed by atoms with Crippen LogP contribution < -0.4 is 16.6 Å². The van der Waals surface area contributed by atoms with E-state index in [9.17, 15) is 19.2 Å². The Hall–Kier alpha value is -2.64. The third kappa shape index (κ3) is 3.89. The van der Waals surface area contributed by atoms with Gasteiger partial charge in [0.2, 0.25) is 5.91 Å². The second-order valence-electron chi connectivity index (χ2n) is 6.30. The average molecular weight is 349 g/mol. The van der Waals surface area contributed by atoms with Crippen LogP contribution in [0.15, 0.2) is 21.9 Å². The molecule has 0 radical (unpaired) electrons. The van der Waals surface area contributed by atoms with E-state index >= 15 is 0 Å². The normalized spacial score (nSPS) is 16.6. The molecule has 2 rings (SSSR count). The maximum atomic E-state index is 12.3. The summed E-state index contributed by atoms with van der Waals surface area (Å²) in [4.78, 5) is 48.1. The maximum Gasteiger partial charge on any atom is 0.331 e. The zero-order chi connectivity index (χ0) is 18.6. The molecule has 1 amide bonds. The first-order valence-electron chi connectivity index (χ1n) is 8.16. The van der Waals surface area contributed by atoms with E-state index in [-0.39, 0.29) is 5.56 Å². The maximum absolute atomic E-state index is 12.3. The summed E-state index contributed by atoms with van der Waals surface area (Å²) in [7, 11) is 4.19. The summed E-state index contributed by atoms with van der Waals surface area (Å²) in [6.07, 6.45) is 7.64. The Kier molecular flexibility index (Phi) is 5.61. The van der Waals surface area contributed by atoms with Crippen molar-refractivity contribution in [3.05, 3.63) is 38.7 Å². The van der Waals surface area contributed by atoms with Gasteiger partial charge in [-0.25, -0.2) is 9.59 Å². The summed E-state index contributed by atoms with van der Waals surface area (Å²) >= 11 is 0. The number of nitrogens with one attached hydrogen (secondary N) is 1. The number of hydrogen-bond donors (Lipinski definition) is 1. The molecule has 1 saturated carbocycles. The molecule has 1 aliphatic carbocycles. The zero-order valence-corrected chi connectivity index (χ0v) is 14.7. The molecular formula is C17H23N3O5. The van der Waals surface area contributed by atoms with Gasteiger partial charge < -0.3 is 14.6 Å². The number of esters is 1. The number of hydrogen-bond acceptors (Lipinski definition) is 5. The van der Waals surface area contributed by atoms with Crippen LogP contribution in [0.4, 0.5) is 0 Å². The van der Waals surface area contributed by atoms with Gasteiger partial charge in [-0.2, -0.15) is 0 Å². The topological polar surface area (TPSA) is 99.4 Å². The molecule has 1 aromatic rings. The van der Waals surface area contributed by atoms with Gasteiger partial charge in [-0.15, -0.1) is 0 Å². The van der Waals surface area contributed by atoms with E-state index < -0.39 is 28.7 Å². The van der Waals surface area contributed by atoms with Gasteiger partial charge in [-0.1, -0.05) is 19.3 Å². The molecule has 0 aliphatic heterocycles. The zero-order valence-electron chi connectivity index (χ0n) is 14.7. The average Bonchev–Trinajstić information content (AvgIpc) is 2.61. The quantitative estimate of drug-likeness (QED) is 0.613. The van der Waals surface area contributed by atoms with Gasteiger partial charge in [0.1, 0.15) is 5.54 Å². The highest BCUT2D eigenvalue weighted by molar-refractivity contribution is 5.96. The summed E-state index contributed by atoms with van der Waals surface area (Å²) in [5.41, 5.74) is -1.75. The number of rotatable bonds is 4. The van der Waals surface area contributed by atoms with Gasteiger partial charge in [0, 0.05) is 26.4 Å². The summed E-state index contributed by atoms with van der Waals surface area (Å²) in [6.45, 7) is 0. The van der Waals surface area contributed by atoms with Crippen LogP contribution >= 0.6 is 0 Å². The van der Waals surface area contributed by atoms with Gasteiger partial charge in [0.15, 0.2) is 0 Å². The lowest BCUT2D eigenvalue weighted by Gasteiger charge is -2.34. The Morgan fingerprint density at radius 3 is 2.44 bits per heavy atom. The minimum absolute atomic E-state index is 0.204. The molecule has 136 valence electrons. The molecule has 0 atom stereocenters. The Morgan fingerprint density at radius 2 is 1.84 bits per heavy atom. The van der Waals surface area contributed by atoms with E-state index in [0.29, 0.717) is 12.8 Å². The van der Waals surface area contributed by atoms with Crippen molar-refractivity contribution in [3.63, 3.8) is 0 Å². The molecule has 25 heavy (non-hydrogen) atoms. The molecule has 8 heteroatoms. The summed E-state index contributed by atoms with van der Waals surface area (Å²) in [5, 5.41) is 2.74. The highest BCUT2D eigenvalue weighted by Crippen LogP contribution is 2.29. The smallest absolute Gasteiger partial charge is 0.331 e. The largest absolute Gasteiger partial charge is 0.467 e. The van der Waals surface area contributed by atoms with Crippen LogP contribution in [0, 0.1) is 0 Å². The number of amides is 1. The predicted octanol–water partition coefficient (Wildman–Crippen LogP) is 0.0893. The van der Waals surface area contributed by atoms with Crippen molar-refractivity contribution in [2.75, 3.05) is 7.11 Å². The van der Waals surface area contributed by atoms with Crippen molar-refractivity contribution in [2.24, 2.45) is 14.1 Å². The fourth-order valence-electron chi connectivity index (χ4n) is 3.12. The molecule has 1 fully saturated rings. The summed E-state index contributed by atoms with van der Waals surface area (Å²) in [6, 6.07) is 0. The van der Waals surface area contributed by atoms with Crippen LogP contribution in [0.1, 0.15) is 37.7 Å². The third-order valence-corrected chi connectivity index (χ3v) is 4.53. The highest BCUT2D eigenvalue weighted by atomic mass is 16.5. The second kappa shape index (κ2) is 7.50. The van der Waals surface area contributed by atoms with Crippen molar-refractivity contribution in [3.8, 4) is 0 Å². The van der Waals surface area contributed by atoms with Crippen molar-refractivity contribution in [1.29, 1.82) is 0 Å². The van der Waals surface area contributed by atoms with Crippen molar-refractivity contribution in [2.45, 2.75) is 37.6 Å². The predicted molar refractivity (Wildman–Crippen MR) is 91.9 cm³/mol. The molecule has 1 aliphatic rings. The molecule has 0 unspecified atom stereocenters. The van der Waals surface area contributed by atoms with Gasteiger partial charge in [0.05, 0.1) is 12.7 Å². The van der Waals surface area contributed by atoms with Gasteiger partial charge in [-0.05, 0) is 18.9 Å². The molecule has 0 saturated heterocycles. The SMILES string of the molecule is COC(=O)C1(NC(=O)C=Cc2cn(C)c(=O)n(C)c2=O)CCCCC1. The first-order chi connectivity index (χ1) is 11.8. The minimum Gasteiger partial charge on any atom is -0.467 e. The van der Waals surface area contributed by atoms with E-state index in [1.807, 2.05) is 0 Å². The lowest BCUT2D eigenvalue weighted by atomic mass is 9.81. The van der Waals surface area contributed by atoms with Crippen LogP contribution in [0.25, 0.3) is 6.08 Å². The van der Waals surface area contributed by atoms with Crippen molar-refractivity contribution < 1.29 is 14.3 Å². The van der Waals surface area contributed by atoms with Crippen LogP contribution in [-0.4, -0.2) is 33.7 Å². The van der Waals surface area contributed by atoms with Gasteiger partial charge in [0.25, 0.3) is 5.56 Å². The molecule has 1 heterocycles. The summed E-state index contributed by atoms with van der Waals surface area (Å²) < 4.78 is 7.08. The fourth-order valence-corrected chi connectivity index (χ4v) is 3.12. The Morgan fingerprint density at radius 1 is 1.20 bits per heavy atom. The Labute approximate surface area is 145 Å². The Bertz CT molecular complexity index is 813. The number of ether oxygens (including phenoxy) is 1. The molecule has 0 aromatic carbocycles. The fraction of sp³-hybridized carbons (Fsp3) is 0.529. The molecule has 1 aromatic heterocycles. The lowest BCUT2D eigenvalue weighted by Crippen LogP contribution is -2.55. The third-order valence-electron chi connectivity index (χ3n) is 4.53. The van der Waals surface area contributed by atoms with Crippen LogP contribution in [0.3, 0.4) is 0 Å². The van der Waals surface area contributed by atoms with Crippen molar-refractivity contribution in [1.82, 2.24) is 14.5 Å².